The first-order chi connectivity index (χ1) is 18.7. The van der Waals surface area contributed by atoms with Gasteiger partial charge in [-0.2, -0.15) is 4.98 Å². The second kappa shape index (κ2) is 10.5. The lowest BCUT2D eigenvalue weighted by molar-refractivity contribution is -0.113. The summed E-state index contributed by atoms with van der Waals surface area (Å²) in [6.07, 6.45) is 1.41. The number of methoxy groups -OCH3 is 1. The van der Waals surface area contributed by atoms with Crippen molar-refractivity contribution >= 4 is 58.1 Å². The second-order valence-electron chi connectivity index (χ2n) is 8.78. The molecular weight excluding hydrogens is 522 g/mol. The number of ether oxygens (including phenoxy) is 1. The first-order valence-electron chi connectivity index (χ1n) is 11.8. The molecule has 0 unspecified atom stereocenters. The quantitative estimate of drug-likeness (QED) is 0.208. The molecule has 0 bridgehead atoms. The fourth-order valence-corrected chi connectivity index (χ4v) is 4.50. The van der Waals surface area contributed by atoms with Crippen molar-refractivity contribution in [2.45, 2.75) is 19.9 Å². The molecule has 0 fully saturated rings. The number of fused-ring (bicyclic) bond motifs is 1. The van der Waals surface area contributed by atoms with Crippen LogP contribution in [0.2, 0.25) is 5.02 Å². The second-order valence-corrected chi connectivity index (χ2v) is 9.19. The summed E-state index contributed by atoms with van der Waals surface area (Å²) in [7, 11) is 1.28. The number of carbonyl (C=O) groups is 2. The zero-order chi connectivity index (χ0) is 27.7. The van der Waals surface area contributed by atoms with E-state index in [0.29, 0.717) is 44.6 Å². The number of nitrogens with one attached hydrogen (secondary N) is 3. The van der Waals surface area contributed by atoms with Gasteiger partial charge in [0.25, 0.3) is 5.91 Å². The Morgan fingerprint density at radius 2 is 1.97 bits per heavy atom. The molecule has 198 valence electrons. The van der Waals surface area contributed by atoms with Gasteiger partial charge in [0.1, 0.15) is 17.4 Å². The van der Waals surface area contributed by atoms with Crippen LogP contribution < -0.4 is 21.7 Å². The first kappa shape index (κ1) is 25.7. The van der Waals surface area contributed by atoms with E-state index in [1.54, 1.807) is 31.2 Å². The summed E-state index contributed by atoms with van der Waals surface area (Å²) in [6.45, 7) is 3.66. The van der Waals surface area contributed by atoms with Crippen LogP contribution in [-0.2, 0) is 9.53 Å². The minimum Gasteiger partial charge on any atom is -0.465 e. The molecule has 0 spiro atoms. The lowest BCUT2D eigenvalue weighted by Crippen LogP contribution is -2.37. The van der Waals surface area contributed by atoms with E-state index in [1.807, 2.05) is 19.1 Å². The Kier molecular flexibility index (Phi) is 6.90. The van der Waals surface area contributed by atoms with Crippen molar-refractivity contribution in [3.05, 3.63) is 87.7 Å². The van der Waals surface area contributed by atoms with Crippen molar-refractivity contribution in [3.63, 3.8) is 0 Å². The fraction of sp³-hybridized carbons (Fsp3) is 0.148. The minimum atomic E-state index is -0.792. The molecule has 0 saturated heterocycles. The van der Waals surface area contributed by atoms with Gasteiger partial charge in [0.2, 0.25) is 5.96 Å². The maximum atomic E-state index is 13.6. The number of allylic oxidation sites excluding steroid dienone is 1. The number of hydrogen-bond acceptors (Lipinski definition) is 10. The third-order valence-electron chi connectivity index (χ3n) is 6.03. The number of aryl methyl sites for hydroxylation is 1. The predicted octanol–water partition coefficient (Wildman–Crippen LogP) is 4.58. The Bertz CT molecular complexity index is 1680. The van der Waals surface area contributed by atoms with E-state index in [-0.39, 0.29) is 17.4 Å². The predicted molar refractivity (Wildman–Crippen MR) is 148 cm³/mol. The lowest BCUT2D eigenvalue weighted by atomic mass is 9.95. The van der Waals surface area contributed by atoms with E-state index in [4.69, 9.17) is 31.5 Å². The van der Waals surface area contributed by atoms with Crippen molar-refractivity contribution in [3.8, 4) is 0 Å². The lowest BCUT2D eigenvalue weighted by Gasteiger charge is -2.27. The molecule has 0 radical (unpaired) electrons. The Labute approximate surface area is 228 Å². The number of esters is 1. The number of hydrogen-bond donors (Lipinski definition) is 4. The maximum Gasteiger partial charge on any atom is 0.338 e. The molecule has 2 aromatic carbocycles. The van der Waals surface area contributed by atoms with Crippen molar-refractivity contribution in [1.82, 2.24) is 15.3 Å². The van der Waals surface area contributed by atoms with E-state index in [0.717, 1.165) is 5.56 Å². The highest BCUT2D eigenvalue weighted by atomic mass is 35.5. The number of guanidine groups is 1. The number of pyridine rings is 1. The zero-order valence-corrected chi connectivity index (χ0v) is 22.0. The van der Waals surface area contributed by atoms with Crippen LogP contribution in [0.5, 0.6) is 0 Å². The molecule has 0 saturated carbocycles. The highest BCUT2D eigenvalue weighted by molar-refractivity contribution is 6.31. The van der Waals surface area contributed by atoms with E-state index < -0.39 is 17.9 Å². The number of benzene rings is 2. The molecule has 4 aromatic rings. The Hall–Kier alpha value is -4.90. The van der Waals surface area contributed by atoms with Gasteiger partial charge in [-0.3, -0.25) is 10.1 Å². The van der Waals surface area contributed by atoms with Gasteiger partial charge >= 0.3 is 12.0 Å². The largest absolute Gasteiger partial charge is 0.465 e. The molecular formula is C27H24ClN7O4. The van der Waals surface area contributed by atoms with Crippen LogP contribution in [0.15, 0.2) is 75.4 Å². The summed E-state index contributed by atoms with van der Waals surface area (Å²) in [4.78, 5) is 38.8. The van der Waals surface area contributed by atoms with Crippen molar-refractivity contribution < 1.29 is 18.7 Å². The van der Waals surface area contributed by atoms with Gasteiger partial charge in [-0.1, -0.05) is 29.8 Å². The highest BCUT2D eigenvalue weighted by Gasteiger charge is 2.31. The molecule has 3 heterocycles. The molecule has 1 aliphatic rings. The Morgan fingerprint density at radius 1 is 1.15 bits per heavy atom. The highest BCUT2D eigenvalue weighted by Crippen LogP contribution is 2.36. The molecule has 2 aromatic heterocycles. The summed E-state index contributed by atoms with van der Waals surface area (Å²) in [5, 5.41) is 9.32. The number of anilines is 3. The molecule has 1 aliphatic heterocycles. The average Bonchev–Trinajstić information content (AvgIpc) is 3.31. The third-order valence-corrected chi connectivity index (χ3v) is 6.36. The van der Waals surface area contributed by atoms with Gasteiger partial charge in [-0.05, 0) is 49.7 Å². The first-order valence-corrected chi connectivity index (χ1v) is 12.2. The number of rotatable bonds is 5. The number of nitrogens with two attached hydrogens (primary N) is 1. The van der Waals surface area contributed by atoms with Gasteiger partial charge in [0, 0.05) is 22.5 Å². The van der Waals surface area contributed by atoms with Crippen molar-refractivity contribution in [1.29, 1.82) is 0 Å². The summed E-state index contributed by atoms with van der Waals surface area (Å²) >= 11 is 6.62. The molecule has 1 atom stereocenters. The molecule has 0 aliphatic carbocycles. The molecule has 12 heteroatoms. The van der Waals surface area contributed by atoms with Crippen molar-refractivity contribution in [2.24, 2.45) is 4.99 Å². The monoisotopic (exact) mass is 545 g/mol. The normalized spacial score (nSPS) is 15.0. The van der Waals surface area contributed by atoms with Gasteiger partial charge in [0.05, 0.1) is 23.9 Å². The number of aliphatic imine (C=N–C) groups is 1. The van der Waals surface area contributed by atoms with Gasteiger partial charge in [-0.25, -0.2) is 14.8 Å². The number of oxazole rings is 1. The number of halogens is 1. The van der Waals surface area contributed by atoms with Crippen LogP contribution >= 0.6 is 11.6 Å². The van der Waals surface area contributed by atoms with E-state index >= 15 is 0 Å². The van der Waals surface area contributed by atoms with Crippen LogP contribution in [0.4, 0.5) is 17.5 Å². The molecule has 5 rings (SSSR count). The van der Waals surface area contributed by atoms with Crippen molar-refractivity contribution in [2.75, 3.05) is 23.5 Å². The zero-order valence-electron chi connectivity index (χ0n) is 21.2. The standard InChI is InChI=1S/C27H24ClN7O4/c1-13-7-8-16(17(28)11-13)22-21(24(36)33-20-12-15(9-10-30-20)25(37)38-3)14(2)31-26(34-22)35-27-32-19-6-4-5-18(29)23(19)39-27/h4-12,22H,29H2,1-3H3,(H,30,33,36)(H2,31,32,34,35)/t22-/m1/s1. The van der Waals surface area contributed by atoms with E-state index in [1.165, 1.54) is 25.4 Å². The average molecular weight is 546 g/mol. The van der Waals surface area contributed by atoms with Crippen LogP contribution in [-0.4, -0.2) is 34.9 Å². The van der Waals surface area contributed by atoms with E-state index in [2.05, 4.69) is 25.9 Å². The Balaban J connectivity index is 1.49. The van der Waals surface area contributed by atoms with Crippen LogP contribution in [0.3, 0.4) is 0 Å². The summed E-state index contributed by atoms with van der Waals surface area (Å²) in [5.41, 5.74) is 10.1. The number of amides is 1. The topological polar surface area (TPSA) is 157 Å². The molecule has 39 heavy (non-hydrogen) atoms. The fourth-order valence-electron chi connectivity index (χ4n) is 4.17. The minimum absolute atomic E-state index is 0.174. The van der Waals surface area contributed by atoms with Gasteiger partial charge in [0.15, 0.2) is 5.58 Å². The summed E-state index contributed by atoms with van der Waals surface area (Å²) in [6, 6.07) is 13.1. The van der Waals surface area contributed by atoms with Crippen LogP contribution in [0.25, 0.3) is 11.1 Å². The summed E-state index contributed by atoms with van der Waals surface area (Å²) in [5.74, 6) is -0.558. The van der Waals surface area contributed by atoms with E-state index in [9.17, 15) is 9.59 Å². The van der Waals surface area contributed by atoms with Gasteiger partial charge < -0.3 is 25.5 Å². The molecule has 1 amide bonds. The third kappa shape index (κ3) is 5.25. The number of nitrogen functional groups attached to an aromatic ring is 1. The van der Waals surface area contributed by atoms with Crippen LogP contribution in [0.1, 0.15) is 34.5 Å². The van der Waals surface area contributed by atoms with Gasteiger partial charge in [-0.15, -0.1) is 0 Å². The number of para-hydroxylation sites is 1. The maximum absolute atomic E-state index is 13.6. The summed E-state index contributed by atoms with van der Waals surface area (Å²) < 4.78 is 10.5. The van der Waals surface area contributed by atoms with Crippen LogP contribution in [0, 0.1) is 6.92 Å². The number of carbonyl (C=O) groups excluding carboxylic acids is 2. The number of nitrogens with zero attached hydrogens (tertiary/aromatic N) is 3. The Morgan fingerprint density at radius 3 is 2.72 bits per heavy atom. The molecule has 11 nitrogen and oxygen atoms in total. The smallest absolute Gasteiger partial charge is 0.338 e. The SMILES string of the molecule is COC(=O)c1ccnc(NC(=O)C2=C(C)NC(Nc3nc4cccc(N)c4o3)=N[C@@H]2c2ccc(C)cc2Cl)c1. The molecule has 5 N–H and O–H groups in total. The number of aromatic nitrogens is 2.